The zero-order valence-electron chi connectivity index (χ0n) is 30.6. The van der Waals surface area contributed by atoms with Gasteiger partial charge < -0.3 is 0 Å². The molecule has 1 atom stereocenters. The number of halogens is 3. The molecular weight excluding hydrogens is 597 g/mol. The second-order valence-corrected chi connectivity index (χ2v) is 12.0. The highest BCUT2D eigenvalue weighted by Crippen LogP contribution is 2.37. The Hall–Kier alpha value is -4.03. The third-order valence-corrected chi connectivity index (χ3v) is 7.82. The summed E-state index contributed by atoms with van der Waals surface area (Å²) in [7, 11) is 0. The van der Waals surface area contributed by atoms with Crippen LogP contribution in [0.3, 0.4) is 0 Å². The van der Waals surface area contributed by atoms with E-state index in [9.17, 15) is 13.2 Å². The maximum Gasteiger partial charge on any atom is 0.416 e. The van der Waals surface area contributed by atoms with Crippen molar-refractivity contribution in [1.29, 1.82) is 0 Å². The Balaban J connectivity index is 0.000000642. The van der Waals surface area contributed by atoms with Gasteiger partial charge in [-0.3, -0.25) is 0 Å². The summed E-state index contributed by atoms with van der Waals surface area (Å²) in [6.45, 7) is 22.9. The lowest BCUT2D eigenvalue weighted by molar-refractivity contribution is -0.138. The summed E-state index contributed by atoms with van der Waals surface area (Å²) in [5, 5.41) is 0. The molecular formula is C45H59F3. The van der Waals surface area contributed by atoms with Crippen LogP contribution in [0.4, 0.5) is 13.2 Å². The van der Waals surface area contributed by atoms with Crippen LogP contribution in [0.1, 0.15) is 108 Å². The summed E-state index contributed by atoms with van der Waals surface area (Å²) in [5.74, 6) is 0.548. The molecule has 0 aromatic heterocycles. The molecule has 0 heterocycles. The Morgan fingerprint density at radius 1 is 0.833 bits per heavy atom. The lowest BCUT2D eigenvalue weighted by Gasteiger charge is -2.24. The molecule has 0 fully saturated rings. The van der Waals surface area contributed by atoms with Crippen LogP contribution in [0.5, 0.6) is 0 Å². The van der Waals surface area contributed by atoms with E-state index >= 15 is 0 Å². The van der Waals surface area contributed by atoms with Crippen LogP contribution in [-0.2, 0) is 25.4 Å². The number of rotatable bonds is 8. The van der Waals surface area contributed by atoms with E-state index in [4.69, 9.17) is 0 Å². The van der Waals surface area contributed by atoms with Crippen molar-refractivity contribution in [3.63, 3.8) is 0 Å². The highest BCUT2D eigenvalue weighted by molar-refractivity contribution is 5.82. The molecule has 0 spiro atoms. The number of allylic oxidation sites excluding steroid dienone is 6. The highest BCUT2D eigenvalue weighted by atomic mass is 19.4. The molecule has 4 rings (SSSR count). The number of benzene rings is 3. The molecule has 0 aliphatic heterocycles. The molecule has 0 radical (unpaired) electrons. The van der Waals surface area contributed by atoms with E-state index in [0.717, 1.165) is 18.9 Å². The predicted octanol–water partition coefficient (Wildman–Crippen LogP) is 14.1. The Labute approximate surface area is 291 Å². The fourth-order valence-electron chi connectivity index (χ4n) is 4.83. The number of alkyl halides is 3. The van der Waals surface area contributed by atoms with Crippen LogP contribution in [0, 0.1) is 18.8 Å². The van der Waals surface area contributed by atoms with Crippen molar-refractivity contribution in [2.45, 2.75) is 106 Å². The van der Waals surface area contributed by atoms with Crippen molar-refractivity contribution >= 4 is 5.57 Å². The van der Waals surface area contributed by atoms with Gasteiger partial charge in [-0.1, -0.05) is 163 Å². The minimum atomic E-state index is -4.22. The summed E-state index contributed by atoms with van der Waals surface area (Å²) < 4.78 is 36.7. The summed E-state index contributed by atoms with van der Waals surface area (Å²) in [6, 6.07) is 25.1. The monoisotopic (exact) mass is 656 g/mol. The summed E-state index contributed by atoms with van der Waals surface area (Å²) in [4.78, 5) is 0. The van der Waals surface area contributed by atoms with Gasteiger partial charge in [0.05, 0.1) is 5.56 Å². The Bertz CT molecular complexity index is 1400. The number of terminal acetylenes is 1. The van der Waals surface area contributed by atoms with E-state index in [-0.39, 0.29) is 0 Å². The van der Waals surface area contributed by atoms with Crippen molar-refractivity contribution in [2.24, 2.45) is 5.92 Å². The zero-order valence-corrected chi connectivity index (χ0v) is 30.6. The summed E-state index contributed by atoms with van der Waals surface area (Å²) >= 11 is 0. The van der Waals surface area contributed by atoms with E-state index in [2.05, 4.69) is 134 Å². The molecule has 0 N–H and O–H groups in total. The molecule has 1 unspecified atom stereocenters. The topological polar surface area (TPSA) is 0 Å². The van der Waals surface area contributed by atoms with E-state index < -0.39 is 11.7 Å². The van der Waals surface area contributed by atoms with E-state index in [1.165, 1.54) is 83.2 Å². The normalized spacial score (nSPS) is 14.3. The highest BCUT2D eigenvalue weighted by Gasteiger charge is 2.32. The van der Waals surface area contributed by atoms with Gasteiger partial charge in [0.15, 0.2) is 0 Å². The minimum Gasteiger partial charge on any atom is -0.166 e. The molecule has 0 amide bonds. The fraction of sp³-hybridized carbons (Fsp3) is 0.378. The second kappa shape index (κ2) is 25.0. The van der Waals surface area contributed by atoms with Gasteiger partial charge in [-0.05, 0) is 91.3 Å². The van der Waals surface area contributed by atoms with Gasteiger partial charge in [0.25, 0.3) is 0 Å². The molecule has 3 aromatic carbocycles. The summed E-state index contributed by atoms with van der Waals surface area (Å²) in [5.41, 5.74) is 9.14. The Kier molecular flexibility index (Phi) is 22.9. The van der Waals surface area contributed by atoms with Crippen molar-refractivity contribution in [1.82, 2.24) is 0 Å². The maximum absolute atomic E-state index is 12.2. The lowest BCUT2D eigenvalue weighted by Crippen LogP contribution is -2.08. The number of hydrogen-bond acceptors (Lipinski definition) is 0. The van der Waals surface area contributed by atoms with Crippen LogP contribution in [-0.4, -0.2) is 0 Å². The Morgan fingerprint density at radius 2 is 1.38 bits per heavy atom. The van der Waals surface area contributed by atoms with Gasteiger partial charge in [0, 0.05) is 0 Å². The second-order valence-electron chi connectivity index (χ2n) is 12.0. The third kappa shape index (κ3) is 17.2. The number of hydrogen-bond donors (Lipinski definition) is 0. The molecule has 0 saturated carbocycles. The first-order valence-corrected chi connectivity index (χ1v) is 17.2. The lowest BCUT2D eigenvalue weighted by atomic mass is 9.80. The van der Waals surface area contributed by atoms with Gasteiger partial charge in [-0.2, -0.15) is 13.2 Å². The third-order valence-electron chi connectivity index (χ3n) is 7.82. The first-order valence-electron chi connectivity index (χ1n) is 17.2. The standard InChI is InChI=1S/C16H18.C14H20.C9H9F3.C4H10.C2H2/c1-4-14-10-12(2)13(3)16(11-14)15-8-6-5-7-9-15;1-4-5-6-13-7-9-14(10-8-13)11-12(2)3;1-2-7-5-3-4-6-8(7)9(10,11)12;1-3-4-2;1-2/h4-9,11-12H,3,10H2,1-2H3;7-10H,2,4-6,11H2,1,3H3;3-6H,2H2,1H3;3-4H2,1-2H3;1-2H/b14-4+;;;;. The first kappa shape index (κ1) is 44.0. The van der Waals surface area contributed by atoms with Gasteiger partial charge in [-0.25, -0.2) is 0 Å². The van der Waals surface area contributed by atoms with E-state index in [1.54, 1.807) is 13.0 Å². The van der Waals surface area contributed by atoms with E-state index in [0.29, 0.717) is 17.9 Å². The van der Waals surface area contributed by atoms with Crippen LogP contribution in [0.25, 0.3) is 5.57 Å². The average molecular weight is 657 g/mol. The quantitative estimate of drug-likeness (QED) is 0.167. The molecule has 48 heavy (non-hydrogen) atoms. The van der Waals surface area contributed by atoms with Gasteiger partial charge in [-0.15, -0.1) is 12.8 Å². The van der Waals surface area contributed by atoms with E-state index in [1.807, 2.05) is 0 Å². The molecule has 260 valence electrons. The largest absolute Gasteiger partial charge is 0.416 e. The molecule has 3 heteroatoms. The van der Waals surface area contributed by atoms with Gasteiger partial charge in [0.2, 0.25) is 0 Å². The molecule has 1 aliphatic rings. The first-order chi connectivity index (χ1) is 22.9. The average Bonchev–Trinajstić information content (AvgIpc) is 3.10. The van der Waals surface area contributed by atoms with Crippen molar-refractivity contribution in [3.8, 4) is 12.8 Å². The Morgan fingerprint density at radius 3 is 1.83 bits per heavy atom. The van der Waals surface area contributed by atoms with Crippen molar-refractivity contribution in [2.75, 3.05) is 0 Å². The van der Waals surface area contributed by atoms with Gasteiger partial charge >= 0.3 is 6.18 Å². The van der Waals surface area contributed by atoms with Crippen LogP contribution in [0.15, 0.2) is 121 Å². The van der Waals surface area contributed by atoms with Crippen LogP contribution >= 0.6 is 0 Å². The molecule has 0 nitrogen and oxygen atoms in total. The number of aryl methyl sites for hydroxylation is 2. The van der Waals surface area contributed by atoms with Crippen LogP contribution in [0.2, 0.25) is 0 Å². The molecule has 1 aliphatic carbocycles. The SMILES string of the molecule is C#C.C=C(C)Cc1ccc(CCCC)cc1.C=C1C(c2ccccc2)=C/C(=C/C)CC1C.CCCC.CCc1ccccc1C(F)(F)F. The van der Waals surface area contributed by atoms with Crippen molar-refractivity contribution < 1.29 is 13.2 Å². The van der Waals surface area contributed by atoms with Crippen LogP contribution < -0.4 is 0 Å². The molecule has 3 aromatic rings. The van der Waals surface area contributed by atoms with Gasteiger partial charge in [0.1, 0.15) is 0 Å². The smallest absolute Gasteiger partial charge is 0.166 e. The minimum absolute atomic E-state index is 0.352. The maximum atomic E-state index is 12.2. The summed E-state index contributed by atoms with van der Waals surface area (Å²) in [6.07, 6.45) is 17.2. The molecule has 0 saturated heterocycles. The predicted molar refractivity (Wildman–Crippen MR) is 206 cm³/mol. The molecule has 0 bridgehead atoms. The number of unbranched alkanes of at least 4 members (excludes halogenated alkanes) is 2. The van der Waals surface area contributed by atoms with Crippen molar-refractivity contribution in [3.05, 3.63) is 149 Å². The fourth-order valence-corrected chi connectivity index (χ4v) is 4.83. The zero-order chi connectivity index (χ0) is 36.5.